The molecular formula is C12H13FO. The van der Waals surface area contributed by atoms with Crippen LogP contribution in [0.25, 0.3) is 6.08 Å². The molecule has 0 heterocycles. The lowest BCUT2D eigenvalue weighted by molar-refractivity contribution is -0.104. The van der Waals surface area contributed by atoms with Gasteiger partial charge < -0.3 is 0 Å². The number of carbonyl (C=O) groups is 1. The van der Waals surface area contributed by atoms with Crippen LogP contribution in [0.4, 0.5) is 4.39 Å². The largest absolute Gasteiger partial charge is 0.298 e. The Bertz CT molecular complexity index is 367. The molecule has 74 valence electrons. The van der Waals surface area contributed by atoms with Crippen molar-refractivity contribution in [3.05, 3.63) is 40.7 Å². The van der Waals surface area contributed by atoms with Crippen LogP contribution >= 0.6 is 0 Å². The summed E-state index contributed by atoms with van der Waals surface area (Å²) in [5.41, 5.74) is 2.47. The first kappa shape index (κ1) is 10.6. The third kappa shape index (κ3) is 2.52. The predicted octanol–water partition coefficient (Wildman–Crippen LogP) is 3.13. The van der Waals surface area contributed by atoms with E-state index in [1.54, 1.807) is 12.1 Å². The Morgan fingerprint density at radius 1 is 1.50 bits per heavy atom. The Morgan fingerprint density at radius 3 is 2.71 bits per heavy atom. The van der Waals surface area contributed by atoms with Crippen LogP contribution in [-0.2, 0) is 4.79 Å². The van der Waals surface area contributed by atoms with Gasteiger partial charge in [0.2, 0.25) is 0 Å². The van der Waals surface area contributed by atoms with Crippen LogP contribution in [-0.4, -0.2) is 6.29 Å². The smallest absolute Gasteiger partial charge is 0.146 e. The maximum atomic E-state index is 12.8. The maximum absolute atomic E-state index is 12.8. The normalized spacial score (nSPS) is 11.5. The van der Waals surface area contributed by atoms with E-state index in [1.807, 2.05) is 13.8 Å². The Labute approximate surface area is 83.3 Å². The van der Waals surface area contributed by atoms with E-state index in [4.69, 9.17) is 0 Å². The Hall–Kier alpha value is -1.44. The molecule has 0 aliphatic rings. The Balaban J connectivity index is 3.08. The molecule has 0 N–H and O–H groups in total. The monoisotopic (exact) mass is 192 g/mol. The van der Waals surface area contributed by atoms with Crippen molar-refractivity contribution in [1.82, 2.24) is 0 Å². The van der Waals surface area contributed by atoms with Crippen molar-refractivity contribution in [3.8, 4) is 0 Å². The summed E-state index contributed by atoms with van der Waals surface area (Å²) in [4.78, 5) is 10.6. The van der Waals surface area contributed by atoms with Crippen LogP contribution in [0.15, 0.2) is 23.8 Å². The van der Waals surface area contributed by atoms with Gasteiger partial charge in [-0.15, -0.1) is 0 Å². The molecule has 1 rings (SSSR count). The number of aldehydes is 1. The van der Waals surface area contributed by atoms with Crippen molar-refractivity contribution in [3.63, 3.8) is 0 Å². The summed E-state index contributed by atoms with van der Waals surface area (Å²) in [6.07, 6.45) is 3.32. The molecule has 1 aromatic carbocycles. The second-order valence-corrected chi connectivity index (χ2v) is 3.19. The van der Waals surface area contributed by atoms with Crippen molar-refractivity contribution in [2.24, 2.45) is 0 Å². The van der Waals surface area contributed by atoms with E-state index in [2.05, 4.69) is 0 Å². The Morgan fingerprint density at radius 2 is 2.21 bits per heavy atom. The summed E-state index contributed by atoms with van der Waals surface area (Å²) in [6.45, 7) is 3.74. The summed E-state index contributed by atoms with van der Waals surface area (Å²) in [6, 6.07) is 4.55. The molecule has 0 unspecified atom stereocenters. The number of hydrogen-bond donors (Lipinski definition) is 0. The van der Waals surface area contributed by atoms with Gasteiger partial charge in [-0.1, -0.05) is 13.0 Å². The van der Waals surface area contributed by atoms with Crippen molar-refractivity contribution >= 4 is 12.4 Å². The van der Waals surface area contributed by atoms with Gasteiger partial charge in [-0.25, -0.2) is 4.39 Å². The first-order valence-corrected chi connectivity index (χ1v) is 4.59. The van der Waals surface area contributed by atoms with Crippen LogP contribution in [0.3, 0.4) is 0 Å². The maximum Gasteiger partial charge on any atom is 0.146 e. The number of rotatable bonds is 3. The lowest BCUT2D eigenvalue weighted by Crippen LogP contribution is -1.86. The standard InChI is InChI=1S/C12H13FO/c1-3-10(8-14)7-11-4-5-12(13)6-9(11)2/h4-8H,3H2,1-2H3. The third-order valence-corrected chi connectivity index (χ3v) is 2.13. The van der Waals surface area contributed by atoms with Crippen LogP contribution in [0.5, 0.6) is 0 Å². The van der Waals surface area contributed by atoms with E-state index in [0.29, 0.717) is 6.42 Å². The Kier molecular flexibility index (Phi) is 3.57. The first-order chi connectivity index (χ1) is 6.67. The molecule has 0 saturated heterocycles. The first-order valence-electron chi connectivity index (χ1n) is 4.59. The summed E-state index contributed by atoms with van der Waals surface area (Å²) in [7, 11) is 0. The van der Waals surface area contributed by atoms with Crippen molar-refractivity contribution in [2.45, 2.75) is 20.3 Å². The molecule has 2 heteroatoms. The predicted molar refractivity (Wildman–Crippen MR) is 55.5 cm³/mol. The fraction of sp³-hybridized carbons (Fsp3) is 0.250. The molecule has 0 bridgehead atoms. The zero-order valence-corrected chi connectivity index (χ0v) is 8.38. The van der Waals surface area contributed by atoms with Gasteiger partial charge in [-0.2, -0.15) is 0 Å². The average Bonchev–Trinajstić information content (AvgIpc) is 2.17. The van der Waals surface area contributed by atoms with Gasteiger partial charge in [0.15, 0.2) is 0 Å². The minimum Gasteiger partial charge on any atom is -0.298 e. The molecule has 0 atom stereocenters. The third-order valence-electron chi connectivity index (χ3n) is 2.13. The highest BCUT2D eigenvalue weighted by atomic mass is 19.1. The molecule has 0 fully saturated rings. The van der Waals surface area contributed by atoms with Crippen LogP contribution in [0.2, 0.25) is 0 Å². The topological polar surface area (TPSA) is 17.1 Å². The second-order valence-electron chi connectivity index (χ2n) is 3.19. The summed E-state index contributed by atoms with van der Waals surface area (Å²) >= 11 is 0. The number of allylic oxidation sites excluding steroid dienone is 1. The molecule has 0 spiro atoms. The van der Waals surface area contributed by atoms with Crippen LogP contribution in [0.1, 0.15) is 24.5 Å². The number of halogens is 1. The zero-order valence-electron chi connectivity index (χ0n) is 8.38. The fourth-order valence-corrected chi connectivity index (χ4v) is 1.22. The number of benzene rings is 1. The van der Waals surface area contributed by atoms with E-state index in [0.717, 1.165) is 23.0 Å². The molecule has 1 aromatic rings. The van der Waals surface area contributed by atoms with Crippen LogP contribution < -0.4 is 0 Å². The summed E-state index contributed by atoms with van der Waals surface area (Å²) < 4.78 is 12.8. The number of aryl methyl sites for hydroxylation is 1. The van der Waals surface area contributed by atoms with Gasteiger partial charge >= 0.3 is 0 Å². The van der Waals surface area contributed by atoms with Crippen LogP contribution in [0, 0.1) is 12.7 Å². The minimum atomic E-state index is -0.246. The summed E-state index contributed by atoms with van der Waals surface area (Å²) in [5.74, 6) is -0.246. The fourth-order valence-electron chi connectivity index (χ4n) is 1.22. The molecule has 0 aliphatic heterocycles. The highest BCUT2D eigenvalue weighted by Crippen LogP contribution is 2.14. The van der Waals surface area contributed by atoms with Gasteiger partial charge in [0.1, 0.15) is 12.1 Å². The van der Waals surface area contributed by atoms with Crippen molar-refractivity contribution in [2.75, 3.05) is 0 Å². The molecular weight excluding hydrogens is 179 g/mol. The molecule has 0 aromatic heterocycles. The van der Waals surface area contributed by atoms with E-state index in [9.17, 15) is 9.18 Å². The SMILES string of the molecule is CCC(C=O)=Cc1ccc(F)cc1C. The van der Waals surface area contributed by atoms with E-state index < -0.39 is 0 Å². The zero-order chi connectivity index (χ0) is 10.6. The molecule has 0 aliphatic carbocycles. The van der Waals surface area contributed by atoms with E-state index in [-0.39, 0.29) is 5.82 Å². The molecule has 14 heavy (non-hydrogen) atoms. The highest BCUT2D eigenvalue weighted by molar-refractivity contribution is 5.81. The lowest BCUT2D eigenvalue weighted by Gasteiger charge is -2.01. The van der Waals surface area contributed by atoms with Crippen molar-refractivity contribution < 1.29 is 9.18 Å². The average molecular weight is 192 g/mol. The van der Waals surface area contributed by atoms with Gasteiger partial charge in [0.25, 0.3) is 0 Å². The number of hydrogen-bond acceptors (Lipinski definition) is 1. The van der Waals surface area contributed by atoms with Gasteiger partial charge in [0, 0.05) is 0 Å². The van der Waals surface area contributed by atoms with Gasteiger partial charge in [-0.05, 0) is 48.3 Å². The molecule has 0 saturated carbocycles. The molecule has 0 radical (unpaired) electrons. The molecule has 1 nitrogen and oxygen atoms in total. The quantitative estimate of drug-likeness (QED) is 0.531. The lowest BCUT2D eigenvalue weighted by atomic mass is 10.0. The number of carbonyl (C=O) groups excluding carboxylic acids is 1. The van der Waals surface area contributed by atoms with Crippen molar-refractivity contribution in [1.29, 1.82) is 0 Å². The van der Waals surface area contributed by atoms with E-state index in [1.165, 1.54) is 12.1 Å². The second kappa shape index (κ2) is 4.70. The van der Waals surface area contributed by atoms with Gasteiger partial charge in [-0.3, -0.25) is 4.79 Å². The highest BCUT2D eigenvalue weighted by Gasteiger charge is 1.98. The molecule has 0 amide bonds. The summed E-state index contributed by atoms with van der Waals surface area (Å²) in [5, 5.41) is 0. The van der Waals surface area contributed by atoms with E-state index >= 15 is 0 Å². The minimum absolute atomic E-state index is 0.246. The van der Waals surface area contributed by atoms with Gasteiger partial charge in [0.05, 0.1) is 0 Å².